The van der Waals surface area contributed by atoms with E-state index in [1.165, 1.54) is 6.07 Å². The molecule has 3 rings (SSSR count). The molecule has 148 valence electrons. The number of halogens is 6. The summed E-state index contributed by atoms with van der Waals surface area (Å²) in [5.74, 6) is -6.39. The summed E-state index contributed by atoms with van der Waals surface area (Å²) in [6.45, 7) is -1.42. The van der Waals surface area contributed by atoms with E-state index in [2.05, 4.69) is 0 Å². The normalized spacial score (nSPS) is 24.7. The molecule has 1 N–H and O–H groups in total. The lowest BCUT2D eigenvalue weighted by atomic mass is 9.92. The van der Waals surface area contributed by atoms with Crippen LogP contribution < -0.4 is 0 Å². The monoisotopic (exact) mass is 395 g/mol. The Hall–Kier alpha value is -2.26. The van der Waals surface area contributed by atoms with E-state index in [0.29, 0.717) is 0 Å². The van der Waals surface area contributed by atoms with E-state index in [0.717, 1.165) is 23.1 Å². The second-order valence-corrected chi connectivity index (χ2v) is 6.96. The lowest BCUT2D eigenvalue weighted by molar-refractivity contribution is -0.188. The maximum absolute atomic E-state index is 13.1. The summed E-state index contributed by atoms with van der Waals surface area (Å²) >= 11 is 0. The SMILES string of the molecule is O=C(O)[C@@H]1CN(C(=O)C2(c3cccc(C(F)(F)F)c3)CC2)C[C@H]1C(F)(F)F. The van der Waals surface area contributed by atoms with Crippen molar-refractivity contribution >= 4 is 11.9 Å². The second-order valence-electron chi connectivity index (χ2n) is 6.96. The molecule has 0 spiro atoms. The first-order valence-electron chi connectivity index (χ1n) is 8.13. The first-order chi connectivity index (χ1) is 12.4. The van der Waals surface area contributed by atoms with Gasteiger partial charge >= 0.3 is 18.3 Å². The topological polar surface area (TPSA) is 57.6 Å². The van der Waals surface area contributed by atoms with Crippen molar-refractivity contribution in [3.05, 3.63) is 35.4 Å². The number of alkyl halides is 6. The van der Waals surface area contributed by atoms with Gasteiger partial charge in [0.05, 0.1) is 22.8 Å². The van der Waals surface area contributed by atoms with E-state index >= 15 is 0 Å². The summed E-state index contributed by atoms with van der Waals surface area (Å²) in [7, 11) is 0. The number of carboxylic acid groups (broad SMARTS) is 1. The average molecular weight is 395 g/mol. The number of carboxylic acids is 1. The molecule has 1 saturated carbocycles. The van der Waals surface area contributed by atoms with Crippen LogP contribution in [0.5, 0.6) is 0 Å². The lowest BCUT2D eigenvalue weighted by Crippen LogP contribution is -2.39. The molecule has 1 saturated heterocycles. The van der Waals surface area contributed by atoms with Crippen LogP contribution in [-0.2, 0) is 21.2 Å². The fourth-order valence-corrected chi connectivity index (χ4v) is 3.60. The third-order valence-electron chi connectivity index (χ3n) is 5.25. The summed E-state index contributed by atoms with van der Waals surface area (Å²) in [4.78, 5) is 24.8. The molecule has 4 nitrogen and oxygen atoms in total. The Morgan fingerprint density at radius 3 is 2.15 bits per heavy atom. The summed E-state index contributed by atoms with van der Waals surface area (Å²) in [5, 5.41) is 9.04. The molecule has 0 unspecified atom stereocenters. The molecule has 2 atom stereocenters. The highest BCUT2D eigenvalue weighted by Gasteiger charge is 2.59. The molecule has 1 aliphatic heterocycles. The fraction of sp³-hybridized carbons (Fsp3) is 0.529. The predicted octanol–water partition coefficient (Wildman–Crippen LogP) is 3.46. The van der Waals surface area contributed by atoms with Gasteiger partial charge in [-0.2, -0.15) is 26.3 Å². The number of aliphatic carboxylic acids is 1. The molecule has 2 fully saturated rings. The van der Waals surface area contributed by atoms with Crippen LogP contribution in [0.2, 0.25) is 0 Å². The zero-order valence-electron chi connectivity index (χ0n) is 13.8. The highest BCUT2D eigenvalue weighted by molar-refractivity contribution is 5.92. The van der Waals surface area contributed by atoms with E-state index < -0.39 is 60.1 Å². The van der Waals surface area contributed by atoms with E-state index in [4.69, 9.17) is 5.11 Å². The number of carbonyl (C=O) groups excluding carboxylic acids is 1. The minimum atomic E-state index is -4.79. The molecule has 0 aromatic heterocycles. The lowest BCUT2D eigenvalue weighted by Gasteiger charge is -2.24. The van der Waals surface area contributed by atoms with Crippen molar-refractivity contribution < 1.29 is 41.0 Å². The fourth-order valence-electron chi connectivity index (χ4n) is 3.60. The van der Waals surface area contributed by atoms with Crippen LogP contribution in [0.4, 0.5) is 26.3 Å². The van der Waals surface area contributed by atoms with Gasteiger partial charge in [0, 0.05) is 13.1 Å². The van der Waals surface area contributed by atoms with Crippen molar-refractivity contribution in [2.45, 2.75) is 30.6 Å². The van der Waals surface area contributed by atoms with Crippen LogP contribution in [-0.4, -0.2) is 41.1 Å². The third-order valence-corrected chi connectivity index (χ3v) is 5.25. The van der Waals surface area contributed by atoms with Gasteiger partial charge in [0.1, 0.15) is 0 Å². The Morgan fingerprint density at radius 1 is 1.07 bits per heavy atom. The predicted molar refractivity (Wildman–Crippen MR) is 79.6 cm³/mol. The van der Waals surface area contributed by atoms with Crippen molar-refractivity contribution in [3.8, 4) is 0 Å². The number of benzene rings is 1. The Balaban J connectivity index is 1.87. The van der Waals surface area contributed by atoms with Crippen molar-refractivity contribution in [1.29, 1.82) is 0 Å². The molecule has 1 aromatic carbocycles. The first kappa shape index (κ1) is 19.5. The van der Waals surface area contributed by atoms with Gasteiger partial charge in [-0.25, -0.2) is 0 Å². The number of nitrogens with zero attached hydrogens (tertiary/aromatic N) is 1. The van der Waals surface area contributed by atoms with Crippen molar-refractivity contribution in [3.63, 3.8) is 0 Å². The van der Waals surface area contributed by atoms with Crippen molar-refractivity contribution in [2.24, 2.45) is 11.8 Å². The molecule has 2 aliphatic rings. The minimum Gasteiger partial charge on any atom is -0.481 e. The average Bonchev–Trinajstić information content (AvgIpc) is 3.23. The van der Waals surface area contributed by atoms with E-state index in [-0.39, 0.29) is 18.4 Å². The van der Waals surface area contributed by atoms with Gasteiger partial charge in [0.15, 0.2) is 0 Å². The summed E-state index contributed by atoms with van der Waals surface area (Å²) in [6.07, 6.45) is -8.99. The Bertz CT molecular complexity index is 769. The van der Waals surface area contributed by atoms with Gasteiger partial charge in [-0.15, -0.1) is 0 Å². The van der Waals surface area contributed by atoms with Crippen LogP contribution in [0.3, 0.4) is 0 Å². The molecular weight excluding hydrogens is 380 g/mol. The largest absolute Gasteiger partial charge is 0.481 e. The Morgan fingerprint density at radius 2 is 1.70 bits per heavy atom. The highest BCUT2D eigenvalue weighted by Crippen LogP contribution is 2.51. The second kappa shape index (κ2) is 6.13. The highest BCUT2D eigenvalue weighted by atomic mass is 19.4. The van der Waals surface area contributed by atoms with Gasteiger partial charge < -0.3 is 10.0 Å². The van der Waals surface area contributed by atoms with Gasteiger partial charge in [0.2, 0.25) is 5.91 Å². The van der Waals surface area contributed by atoms with Crippen LogP contribution in [0.25, 0.3) is 0 Å². The van der Waals surface area contributed by atoms with Crippen molar-refractivity contribution in [1.82, 2.24) is 4.90 Å². The molecule has 1 aliphatic carbocycles. The number of likely N-dealkylation sites (tertiary alicyclic amines) is 1. The zero-order chi connectivity index (χ0) is 20.2. The van der Waals surface area contributed by atoms with E-state index in [1.54, 1.807) is 0 Å². The van der Waals surface area contributed by atoms with Gasteiger partial charge in [0.25, 0.3) is 0 Å². The quantitative estimate of drug-likeness (QED) is 0.798. The zero-order valence-corrected chi connectivity index (χ0v) is 13.8. The summed E-state index contributed by atoms with van der Waals surface area (Å²) in [5.41, 5.74) is -2.17. The standard InChI is InChI=1S/C17H15F6NO3/c18-16(19,20)10-3-1-2-9(6-10)15(4-5-15)14(27)24-7-11(13(25)26)12(8-24)17(21,22)23/h1-3,6,11-12H,4-5,7-8H2,(H,25,26)/t11-,12-/m1/s1. The maximum Gasteiger partial charge on any atom is 0.416 e. The first-order valence-corrected chi connectivity index (χ1v) is 8.13. The summed E-state index contributed by atoms with van der Waals surface area (Å²) < 4.78 is 78.0. The minimum absolute atomic E-state index is 0.0876. The number of hydrogen-bond acceptors (Lipinski definition) is 2. The molecule has 1 amide bonds. The van der Waals surface area contributed by atoms with Crippen LogP contribution in [0, 0.1) is 11.8 Å². The van der Waals surface area contributed by atoms with E-state index in [1.807, 2.05) is 0 Å². The van der Waals surface area contributed by atoms with Crippen molar-refractivity contribution in [2.75, 3.05) is 13.1 Å². The molecule has 0 radical (unpaired) electrons. The van der Waals surface area contributed by atoms with Gasteiger partial charge in [-0.05, 0) is 24.5 Å². The van der Waals surface area contributed by atoms with Gasteiger partial charge in [-0.1, -0.05) is 18.2 Å². The number of hydrogen-bond donors (Lipinski definition) is 1. The molecule has 10 heteroatoms. The van der Waals surface area contributed by atoms with Crippen LogP contribution in [0.15, 0.2) is 24.3 Å². The van der Waals surface area contributed by atoms with Crippen LogP contribution in [0.1, 0.15) is 24.0 Å². The van der Waals surface area contributed by atoms with Crippen LogP contribution >= 0.6 is 0 Å². The van der Waals surface area contributed by atoms with E-state index in [9.17, 15) is 35.9 Å². The third kappa shape index (κ3) is 3.49. The van der Waals surface area contributed by atoms with Gasteiger partial charge in [-0.3, -0.25) is 9.59 Å². The summed E-state index contributed by atoms with van der Waals surface area (Å²) in [6, 6.07) is 4.16. The number of carbonyl (C=O) groups is 2. The molecular formula is C17H15F6NO3. The maximum atomic E-state index is 13.1. The number of rotatable bonds is 3. The molecule has 0 bridgehead atoms. The molecule has 1 heterocycles. The Kier molecular flexibility index (Phi) is 4.43. The smallest absolute Gasteiger partial charge is 0.416 e. The molecule has 1 aromatic rings. The number of amides is 1. The molecule has 27 heavy (non-hydrogen) atoms. The Labute approximate surface area is 149 Å².